The molecule has 2 fully saturated rings. The fourth-order valence-corrected chi connectivity index (χ4v) is 4.40. The molecule has 2 N–H and O–H groups in total. The average molecular weight is 440 g/mol. The number of piperidine rings is 1. The Labute approximate surface area is 187 Å². The average Bonchev–Trinajstić information content (AvgIpc) is 2.79. The van der Waals surface area contributed by atoms with Crippen LogP contribution >= 0.6 is 0 Å². The van der Waals surface area contributed by atoms with Gasteiger partial charge in [-0.2, -0.15) is 0 Å². The van der Waals surface area contributed by atoms with Gasteiger partial charge in [-0.1, -0.05) is 0 Å². The zero-order valence-corrected chi connectivity index (χ0v) is 18.3. The summed E-state index contributed by atoms with van der Waals surface area (Å²) in [6, 6.07) is 6.68. The summed E-state index contributed by atoms with van der Waals surface area (Å²) in [6.45, 7) is 6.37. The first-order valence-electron chi connectivity index (χ1n) is 11.1. The molecule has 0 atom stereocenters. The molecule has 2 aromatic rings. The summed E-state index contributed by atoms with van der Waals surface area (Å²) in [5.74, 6) is -0.443. The van der Waals surface area contributed by atoms with Crippen molar-refractivity contribution in [2.75, 3.05) is 56.0 Å². The number of carboxylic acids is 1. The van der Waals surface area contributed by atoms with Gasteiger partial charge in [0.05, 0.1) is 17.6 Å². The smallest absolute Gasteiger partial charge is 0.336 e. The molecule has 170 valence electrons. The number of benzene rings is 1. The SMILES string of the molecule is CC(=O)Nc1ccc2nc(N3CCN(CC(=O)N4CCCCC4)CC3)cc(C(=O)O)c2c1. The lowest BCUT2D eigenvalue weighted by atomic mass is 10.1. The van der Waals surface area contributed by atoms with Crippen LogP contribution in [0.3, 0.4) is 0 Å². The molecule has 9 heteroatoms. The molecule has 4 rings (SSSR count). The van der Waals surface area contributed by atoms with Crippen LogP contribution in [0.1, 0.15) is 36.5 Å². The van der Waals surface area contributed by atoms with Crippen LogP contribution in [0.25, 0.3) is 10.9 Å². The molecule has 3 heterocycles. The van der Waals surface area contributed by atoms with Crippen LogP contribution in [0.2, 0.25) is 0 Å². The zero-order chi connectivity index (χ0) is 22.7. The minimum Gasteiger partial charge on any atom is -0.478 e. The number of amides is 2. The summed E-state index contributed by atoms with van der Waals surface area (Å²) in [6.07, 6.45) is 3.38. The number of nitrogens with one attached hydrogen (secondary N) is 1. The quantitative estimate of drug-likeness (QED) is 0.734. The lowest BCUT2D eigenvalue weighted by molar-refractivity contribution is -0.133. The third kappa shape index (κ3) is 4.99. The largest absolute Gasteiger partial charge is 0.478 e. The van der Waals surface area contributed by atoms with E-state index in [4.69, 9.17) is 0 Å². The number of fused-ring (bicyclic) bond motifs is 1. The Morgan fingerprint density at radius 2 is 1.72 bits per heavy atom. The molecule has 2 saturated heterocycles. The Balaban J connectivity index is 1.46. The van der Waals surface area contributed by atoms with Crippen molar-refractivity contribution >= 4 is 40.2 Å². The molecule has 0 unspecified atom stereocenters. The highest BCUT2D eigenvalue weighted by molar-refractivity contribution is 6.05. The molecule has 0 spiro atoms. The van der Waals surface area contributed by atoms with Crippen molar-refractivity contribution < 1.29 is 19.5 Å². The van der Waals surface area contributed by atoms with Crippen molar-refractivity contribution in [3.8, 4) is 0 Å². The predicted octanol–water partition coefficient (Wildman–Crippen LogP) is 2.03. The van der Waals surface area contributed by atoms with Crippen molar-refractivity contribution in [2.45, 2.75) is 26.2 Å². The number of hydrogen-bond donors (Lipinski definition) is 2. The van der Waals surface area contributed by atoms with Crippen molar-refractivity contribution in [3.05, 3.63) is 29.8 Å². The predicted molar refractivity (Wildman–Crippen MR) is 122 cm³/mol. The van der Waals surface area contributed by atoms with Crippen molar-refractivity contribution in [3.63, 3.8) is 0 Å². The fourth-order valence-electron chi connectivity index (χ4n) is 4.40. The highest BCUT2D eigenvalue weighted by Crippen LogP contribution is 2.27. The minimum atomic E-state index is -1.04. The number of pyridine rings is 1. The third-order valence-electron chi connectivity index (χ3n) is 6.11. The lowest BCUT2D eigenvalue weighted by Gasteiger charge is -2.36. The molecular formula is C23H29N5O4. The maximum absolute atomic E-state index is 12.5. The number of nitrogens with zero attached hydrogens (tertiary/aromatic N) is 4. The van der Waals surface area contributed by atoms with Gasteiger partial charge in [-0.15, -0.1) is 0 Å². The van der Waals surface area contributed by atoms with Gasteiger partial charge in [0.25, 0.3) is 0 Å². The van der Waals surface area contributed by atoms with Crippen molar-refractivity contribution in [2.24, 2.45) is 0 Å². The number of carbonyl (C=O) groups excluding carboxylic acids is 2. The number of hydrogen-bond acceptors (Lipinski definition) is 6. The first kappa shape index (κ1) is 22.0. The third-order valence-corrected chi connectivity index (χ3v) is 6.11. The Hall–Kier alpha value is -3.20. The van der Waals surface area contributed by atoms with E-state index in [0.29, 0.717) is 42.0 Å². The van der Waals surface area contributed by atoms with Gasteiger partial charge in [-0.3, -0.25) is 14.5 Å². The highest BCUT2D eigenvalue weighted by atomic mass is 16.4. The van der Waals surface area contributed by atoms with Gasteiger partial charge in [0.1, 0.15) is 5.82 Å². The number of anilines is 2. The van der Waals surface area contributed by atoms with E-state index in [1.165, 1.54) is 13.3 Å². The Bertz CT molecular complexity index is 1030. The molecule has 0 bridgehead atoms. The van der Waals surface area contributed by atoms with E-state index < -0.39 is 5.97 Å². The first-order chi connectivity index (χ1) is 15.4. The summed E-state index contributed by atoms with van der Waals surface area (Å²) in [5.41, 5.74) is 1.26. The molecule has 2 aliphatic heterocycles. The van der Waals surface area contributed by atoms with E-state index in [2.05, 4.69) is 20.1 Å². The van der Waals surface area contributed by atoms with E-state index in [1.807, 2.05) is 4.90 Å². The Morgan fingerprint density at radius 3 is 2.38 bits per heavy atom. The van der Waals surface area contributed by atoms with Gasteiger partial charge in [0.2, 0.25) is 11.8 Å². The number of likely N-dealkylation sites (tertiary alicyclic amines) is 1. The number of aromatic carboxylic acids is 1. The maximum atomic E-state index is 12.5. The second-order valence-electron chi connectivity index (χ2n) is 8.45. The second-order valence-corrected chi connectivity index (χ2v) is 8.45. The van der Waals surface area contributed by atoms with E-state index in [1.54, 1.807) is 24.3 Å². The second kappa shape index (κ2) is 9.52. The Kier molecular flexibility index (Phi) is 6.55. The molecule has 0 saturated carbocycles. The van der Waals surface area contributed by atoms with Crippen molar-refractivity contribution in [1.29, 1.82) is 0 Å². The van der Waals surface area contributed by atoms with Crippen LogP contribution in [0.15, 0.2) is 24.3 Å². The van der Waals surface area contributed by atoms with Crippen LogP contribution in [0.5, 0.6) is 0 Å². The van der Waals surface area contributed by atoms with Crippen LogP contribution in [-0.2, 0) is 9.59 Å². The molecular weight excluding hydrogens is 410 g/mol. The van der Waals surface area contributed by atoms with Crippen LogP contribution in [0.4, 0.5) is 11.5 Å². The molecule has 32 heavy (non-hydrogen) atoms. The normalized spacial score (nSPS) is 17.4. The van der Waals surface area contributed by atoms with E-state index in [9.17, 15) is 19.5 Å². The summed E-state index contributed by atoms with van der Waals surface area (Å²) in [4.78, 5) is 46.7. The molecule has 1 aromatic carbocycles. The molecule has 2 amide bonds. The monoisotopic (exact) mass is 439 g/mol. The molecule has 0 aliphatic carbocycles. The molecule has 9 nitrogen and oxygen atoms in total. The van der Waals surface area contributed by atoms with Crippen LogP contribution < -0.4 is 10.2 Å². The van der Waals surface area contributed by atoms with Crippen LogP contribution in [-0.4, -0.2) is 83.5 Å². The summed E-state index contributed by atoms with van der Waals surface area (Å²) in [5, 5.41) is 12.9. The van der Waals surface area contributed by atoms with Crippen molar-refractivity contribution in [1.82, 2.24) is 14.8 Å². The summed E-state index contributed by atoms with van der Waals surface area (Å²) < 4.78 is 0. The summed E-state index contributed by atoms with van der Waals surface area (Å²) >= 11 is 0. The number of piperazine rings is 1. The summed E-state index contributed by atoms with van der Waals surface area (Å²) in [7, 11) is 0. The lowest BCUT2D eigenvalue weighted by Crippen LogP contribution is -2.51. The number of aromatic nitrogens is 1. The van der Waals surface area contributed by atoms with Gasteiger partial charge in [0, 0.05) is 57.3 Å². The number of carboxylic acid groups (broad SMARTS) is 1. The molecule has 0 radical (unpaired) electrons. The number of carbonyl (C=O) groups is 3. The van der Waals surface area contributed by atoms with E-state index in [-0.39, 0.29) is 17.4 Å². The fraction of sp³-hybridized carbons (Fsp3) is 0.478. The van der Waals surface area contributed by atoms with Crippen LogP contribution in [0, 0.1) is 0 Å². The maximum Gasteiger partial charge on any atom is 0.336 e. The number of rotatable bonds is 5. The highest BCUT2D eigenvalue weighted by Gasteiger charge is 2.24. The van der Waals surface area contributed by atoms with Gasteiger partial charge in [0.15, 0.2) is 0 Å². The van der Waals surface area contributed by atoms with Gasteiger partial charge in [-0.25, -0.2) is 9.78 Å². The molecule has 1 aromatic heterocycles. The zero-order valence-electron chi connectivity index (χ0n) is 18.3. The minimum absolute atomic E-state index is 0.153. The Morgan fingerprint density at radius 1 is 1.00 bits per heavy atom. The molecule has 2 aliphatic rings. The standard InChI is InChI=1S/C23H29N5O4/c1-16(29)24-17-5-6-20-18(13-17)19(23(31)32)14-21(25-20)27-11-9-26(10-12-27)15-22(30)28-7-3-2-4-8-28/h5-6,13-14H,2-4,7-12,15H2,1H3,(H,24,29)(H,31,32). The first-order valence-corrected chi connectivity index (χ1v) is 11.1. The van der Waals surface area contributed by atoms with Gasteiger partial charge >= 0.3 is 5.97 Å². The van der Waals surface area contributed by atoms with Gasteiger partial charge in [-0.05, 0) is 43.5 Å². The van der Waals surface area contributed by atoms with Gasteiger partial charge < -0.3 is 20.2 Å². The topological polar surface area (TPSA) is 106 Å². The van der Waals surface area contributed by atoms with E-state index >= 15 is 0 Å². The van der Waals surface area contributed by atoms with E-state index in [0.717, 1.165) is 39.0 Å².